The van der Waals surface area contributed by atoms with E-state index in [1.807, 2.05) is 30.5 Å². The zero-order valence-corrected chi connectivity index (χ0v) is 8.94. The van der Waals surface area contributed by atoms with E-state index in [4.69, 9.17) is 0 Å². The highest BCUT2D eigenvalue weighted by molar-refractivity contribution is 5.19. The van der Waals surface area contributed by atoms with Crippen LogP contribution in [-0.2, 0) is 12.8 Å². The quantitative estimate of drug-likeness (QED) is 0.761. The van der Waals surface area contributed by atoms with Gasteiger partial charge in [0.25, 0.3) is 0 Å². The first-order valence-corrected chi connectivity index (χ1v) is 5.29. The second kappa shape index (κ2) is 5.40. The van der Waals surface area contributed by atoms with Crippen molar-refractivity contribution in [1.29, 1.82) is 0 Å². The highest BCUT2D eigenvalue weighted by atomic mass is 19.1. The molecule has 0 aliphatic heterocycles. The lowest BCUT2D eigenvalue weighted by molar-refractivity contribution is 0.627. The van der Waals surface area contributed by atoms with Crippen LogP contribution in [0, 0.1) is 12.2 Å². The van der Waals surface area contributed by atoms with Crippen LogP contribution in [-0.4, -0.2) is 4.98 Å². The number of aromatic nitrogens is 1. The van der Waals surface area contributed by atoms with Crippen LogP contribution in [0.25, 0.3) is 0 Å². The molecule has 0 fully saturated rings. The summed E-state index contributed by atoms with van der Waals surface area (Å²) in [5.41, 5.74) is 2.33. The predicted octanol–water partition coefficient (Wildman–Crippen LogP) is 3.21. The van der Waals surface area contributed by atoms with Gasteiger partial charge in [0.1, 0.15) is 5.82 Å². The fraction of sp³-hybridized carbons (Fsp3) is 0.143. The number of hydrogen-bond acceptors (Lipinski definition) is 1. The summed E-state index contributed by atoms with van der Waals surface area (Å²) in [6, 6.07) is 10.6. The molecule has 0 bridgehead atoms. The number of pyridine rings is 1. The Balaban J connectivity index is 1.82. The molecule has 1 heterocycles. The van der Waals surface area contributed by atoms with Gasteiger partial charge in [0.15, 0.2) is 0 Å². The summed E-state index contributed by atoms with van der Waals surface area (Å²) in [7, 11) is 0. The van der Waals surface area contributed by atoms with Gasteiger partial charge < -0.3 is 0 Å². The fourth-order valence-electron chi connectivity index (χ4n) is 1.54. The van der Waals surface area contributed by atoms with Gasteiger partial charge in [0, 0.05) is 12.4 Å². The molecule has 2 aromatic rings. The van der Waals surface area contributed by atoms with E-state index in [1.54, 1.807) is 6.20 Å². The standard InChI is InChI=1S/C14H13FN/c15-14-8-6-12(7-9-14)3-1-4-13-5-2-10-16-11-13/h1-2,5-11H,3-4H2. The highest BCUT2D eigenvalue weighted by Crippen LogP contribution is 2.07. The lowest BCUT2D eigenvalue weighted by Gasteiger charge is -2.01. The Morgan fingerprint density at radius 2 is 1.75 bits per heavy atom. The summed E-state index contributed by atoms with van der Waals surface area (Å²) in [5, 5.41) is 0. The third kappa shape index (κ3) is 3.16. The van der Waals surface area contributed by atoms with E-state index in [2.05, 4.69) is 11.4 Å². The first-order valence-electron chi connectivity index (χ1n) is 5.29. The van der Waals surface area contributed by atoms with Crippen molar-refractivity contribution in [2.24, 2.45) is 0 Å². The van der Waals surface area contributed by atoms with Gasteiger partial charge in [-0.3, -0.25) is 4.98 Å². The second-order valence-electron chi connectivity index (χ2n) is 3.68. The van der Waals surface area contributed by atoms with Crippen molar-refractivity contribution in [1.82, 2.24) is 4.98 Å². The van der Waals surface area contributed by atoms with Gasteiger partial charge >= 0.3 is 0 Å². The molecular weight excluding hydrogens is 201 g/mol. The van der Waals surface area contributed by atoms with E-state index in [0.29, 0.717) is 0 Å². The highest BCUT2D eigenvalue weighted by Gasteiger charge is 1.96. The monoisotopic (exact) mass is 214 g/mol. The largest absolute Gasteiger partial charge is 0.264 e. The van der Waals surface area contributed by atoms with Gasteiger partial charge in [-0.1, -0.05) is 18.2 Å². The van der Waals surface area contributed by atoms with Gasteiger partial charge in [0.2, 0.25) is 0 Å². The summed E-state index contributed by atoms with van der Waals surface area (Å²) in [5.74, 6) is -0.184. The van der Waals surface area contributed by atoms with Crippen LogP contribution in [0.15, 0.2) is 48.8 Å². The Labute approximate surface area is 95.0 Å². The van der Waals surface area contributed by atoms with E-state index < -0.39 is 0 Å². The van der Waals surface area contributed by atoms with E-state index in [1.165, 1.54) is 17.7 Å². The van der Waals surface area contributed by atoms with Crippen LogP contribution >= 0.6 is 0 Å². The van der Waals surface area contributed by atoms with Gasteiger partial charge in [0.05, 0.1) is 0 Å². The topological polar surface area (TPSA) is 12.9 Å². The maximum atomic E-state index is 12.7. The van der Waals surface area contributed by atoms with Gasteiger partial charge in [-0.2, -0.15) is 0 Å². The number of benzene rings is 1. The van der Waals surface area contributed by atoms with Gasteiger partial charge in [-0.25, -0.2) is 4.39 Å². The molecule has 1 radical (unpaired) electrons. The third-order valence-corrected chi connectivity index (χ3v) is 2.40. The minimum atomic E-state index is -0.184. The summed E-state index contributed by atoms with van der Waals surface area (Å²) in [6.45, 7) is 0. The second-order valence-corrected chi connectivity index (χ2v) is 3.68. The van der Waals surface area contributed by atoms with Crippen LogP contribution in [0.5, 0.6) is 0 Å². The normalized spacial score (nSPS) is 10.3. The number of nitrogens with zero attached hydrogens (tertiary/aromatic N) is 1. The number of hydrogen-bond donors (Lipinski definition) is 0. The SMILES string of the molecule is Fc1ccc(C[CH]Cc2cccnc2)cc1. The van der Waals surface area contributed by atoms with Crippen molar-refractivity contribution >= 4 is 0 Å². The maximum absolute atomic E-state index is 12.7. The molecule has 0 N–H and O–H groups in total. The predicted molar refractivity (Wildman–Crippen MR) is 62.3 cm³/mol. The average Bonchev–Trinajstić information content (AvgIpc) is 2.33. The van der Waals surface area contributed by atoms with Crippen molar-refractivity contribution in [3.63, 3.8) is 0 Å². The molecule has 0 atom stereocenters. The van der Waals surface area contributed by atoms with Crippen molar-refractivity contribution in [3.8, 4) is 0 Å². The van der Waals surface area contributed by atoms with Crippen LogP contribution in [0.1, 0.15) is 11.1 Å². The van der Waals surface area contributed by atoms with E-state index >= 15 is 0 Å². The van der Waals surface area contributed by atoms with Crippen LogP contribution in [0.4, 0.5) is 4.39 Å². The van der Waals surface area contributed by atoms with Crippen LogP contribution < -0.4 is 0 Å². The molecule has 0 saturated carbocycles. The fourth-order valence-corrected chi connectivity index (χ4v) is 1.54. The first kappa shape index (κ1) is 10.8. The van der Waals surface area contributed by atoms with E-state index in [9.17, 15) is 4.39 Å². The lowest BCUT2D eigenvalue weighted by Crippen LogP contribution is -1.91. The molecule has 0 aliphatic carbocycles. The number of rotatable bonds is 4. The Hall–Kier alpha value is -1.70. The molecule has 1 nitrogen and oxygen atoms in total. The molecule has 1 aromatic heterocycles. The molecule has 2 heteroatoms. The molecule has 0 aliphatic rings. The van der Waals surface area contributed by atoms with E-state index in [-0.39, 0.29) is 5.82 Å². The Morgan fingerprint density at radius 3 is 2.44 bits per heavy atom. The zero-order valence-electron chi connectivity index (χ0n) is 8.94. The van der Waals surface area contributed by atoms with Gasteiger partial charge in [-0.15, -0.1) is 0 Å². The molecule has 0 amide bonds. The first-order chi connectivity index (χ1) is 7.84. The van der Waals surface area contributed by atoms with Crippen LogP contribution in [0.3, 0.4) is 0 Å². The molecule has 1 aromatic carbocycles. The molecule has 0 unspecified atom stereocenters. The summed E-state index contributed by atoms with van der Waals surface area (Å²) >= 11 is 0. The smallest absolute Gasteiger partial charge is 0.123 e. The van der Waals surface area contributed by atoms with Crippen molar-refractivity contribution < 1.29 is 4.39 Å². The summed E-state index contributed by atoms with van der Waals surface area (Å²) in [4.78, 5) is 4.05. The lowest BCUT2D eigenvalue weighted by atomic mass is 10.1. The Morgan fingerprint density at radius 1 is 1.00 bits per heavy atom. The molecule has 16 heavy (non-hydrogen) atoms. The summed E-state index contributed by atoms with van der Waals surface area (Å²) < 4.78 is 12.7. The minimum absolute atomic E-state index is 0.184. The number of halogens is 1. The zero-order chi connectivity index (χ0) is 11.2. The van der Waals surface area contributed by atoms with Gasteiger partial charge in [-0.05, 0) is 48.6 Å². The van der Waals surface area contributed by atoms with E-state index in [0.717, 1.165) is 18.4 Å². The average molecular weight is 214 g/mol. The molecule has 0 saturated heterocycles. The molecular formula is C14H13FN. The Bertz CT molecular complexity index is 422. The molecule has 81 valence electrons. The Kier molecular flexibility index (Phi) is 3.65. The molecule has 0 spiro atoms. The van der Waals surface area contributed by atoms with Crippen molar-refractivity contribution in [3.05, 3.63) is 72.2 Å². The third-order valence-electron chi connectivity index (χ3n) is 2.40. The minimum Gasteiger partial charge on any atom is -0.264 e. The van der Waals surface area contributed by atoms with Crippen molar-refractivity contribution in [2.75, 3.05) is 0 Å². The van der Waals surface area contributed by atoms with Crippen molar-refractivity contribution in [2.45, 2.75) is 12.8 Å². The summed E-state index contributed by atoms with van der Waals surface area (Å²) in [6.07, 6.45) is 7.55. The maximum Gasteiger partial charge on any atom is 0.123 e. The molecule has 2 rings (SSSR count). The van der Waals surface area contributed by atoms with Crippen LogP contribution in [0.2, 0.25) is 0 Å².